The maximum atomic E-state index is 12.5. The molecular formula is C19H21NO5S. The number of rotatable bonds is 6. The molecule has 0 bridgehead atoms. The van der Waals surface area contributed by atoms with Crippen LogP contribution in [0.4, 0.5) is 5.00 Å². The lowest BCUT2D eigenvalue weighted by Gasteiger charge is -2.18. The number of Topliss-reactive ketones (excluding diaryl/α,β-unsaturated/α-hetero) is 1. The van der Waals surface area contributed by atoms with Crippen molar-refractivity contribution >= 4 is 28.1 Å². The second-order valence-corrected chi connectivity index (χ2v) is 7.07. The van der Waals surface area contributed by atoms with E-state index >= 15 is 0 Å². The Morgan fingerprint density at radius 1 is 1.19 bits per heavy atom. The number of nitrogens with one attached hydrogen (secondary N) is 1. The molecule has 0 unspecified atom stereocenters. The highest BCUT2D eigenvalue weighted by Gasteiger charge is 2.21. The molecule has 0 saturated heterocycles. The molecule has 1 aromatic heterocycles. The minimum atomic E-state index is -0.372. The van der Waals surface area contributed by atoms with Gasteiger partial charge in [-0.3, -0.25) is 4.79 Å². The number of carbonyl (C=O) groups excluding carboxylic acids is 2. The summed E-state index contributed by atoms with van der Waals surface area (Å²) in [6.45, 7) is 6.96. The van der Waals surface area contributed by atoms with E-state index < -0.39 is 0 Å². The number of thiophene rings is 1. The van der Waals surface area contributed by atoms with E-state index in [0.717, 1.165) is 10.4 Å². The summed E-state index contributed by atoms with van der Waals surface area (Å²) in [5, 5.41) is 3.75. The minimum Gasteiger partial charge on any atom is -0.486 e. The molecule has 1 N–H and O–H groups in total. The normalized spacial score (nSPS) is 12.6. The van der Waals surface area contributed by atoms with E-state index in [1.807, 2.05) is 13.8 Å². The highest BCUT2D eigenvalue weighted by atomic mass is 32.1. The van der Waals surface area contributed by atoms with Gasteiger partial charge in [-0.15, -0.1) is 11.3 Å². The van der Waals surface area contributed by atoms with E-state index in [9.17, 15) is 9.59 Å². The van der Waals surface area contributed by atoms with Gasteiger partial charge in [-0.25, -0.2) is 4.79 Å². The molecule has 0 aliphatic carbocycles. The summed E-state index contributed by atoms with van der Waals surface area (Å²) in [5.74, 6) is 0.760. The average molecular weight is 375 g/mol. The van der Waals surface area contributed by atoms with E-state index in [2.05, 4.69) is 5.32 Å². The maximum Gasteiger partial charge on any atom is 0.341 e. The molecule has 2 heterocycles. The van der Waals surface area contributed by atoms with Crippen LogP contribution in [-0.2, 0) is 4.74 Å². The monoisotopic (exact) mass is 375 g/mol. The summed E-state index contributed by atoms with van der Waals surface area (Å²) in [6.07, 6.45) is 0. The number of carbonyl (C=O) groups is 2. The second-order valence-electron chi connectivity index (χ2n) is 5.84. The molecule has 1 aromatic carbocycles. The Labute approximate surface area is 156 Å². The molecule has 3 rings (SSSR count). The van der Waals surface area contributed by atoms with Gasteiger partial charge in [0.1, 0.15) is 18.2 Å². The molecule has 1 aliphatic heterocycles. The molecule has 6 nitrogen and oxygen atoms in total. The zero-order valence-corrected chi connectivity index (χ0v) is 15.8. The van der Waals surface area contributed by atoms with Crippen LogP contribution in [0.1, 0.15) is 38.1 Å². The highest BCUT2D eigenvalue weighted by molar-refractivity contribution is 7.16. The van der Waals surface area contributed by atoms with Gasteiger partial charge in [0.15, 0.2) is 17.3 Å². The van der Waals surface area contributed by atoms with Gasteiger partial charge in [0, 0.05) is 10.4 Å². The smallest absolute Gasteiger partial charge is 0.341 e. The van der Waals surface area contributed by atoms with Crippen molar-refractivity contribution < 1.29 is 23.8 Å². The van der Waals surface area contributed by atoms with Crippen molar-refractivity contribution in [2.75, 3.05) is 31.7 Å². The van der Waals surface area contributed by atoms with Crippen molar-refractivity contribution in [1.82, 2.24) is 0 Å². The summed E-state index contributed by atoms with van der Waals surface area (Å²) < 4.78 is 16.1. The number of ether oxygens (including phenoxy) is 3. The van der Waals surface area contributed by atoms with Crippen LogP contribution in [0.3, 0.4) is 0 Å². The van der Waals surface area contributed by atoms with Gasteiger partial charge in [-0.2, -0.15) is 0 Å². The molecule has 7 heteroatoms. The molecule has 0 amide bonds. The van der Waals surface area contributed by atoms with Crippen LogP contribution >= 0.6 is 11.3 Å². The number of hydrogen-bond acceptors (Lipinski definition) is 7. The lowest BCUT2D eigenvalue weighted by Crippen LogP contribution is -2.18. The summed E-state index contributed by atoms with van der Waals surface area (Å²) >= 11 is 1.45. The van der Waals surface area contributed by atoms with Crippen LogP contribution in [-0.4, -0.2) is 38.1 Å². The van der Waals surface area contributed by atoms with Crippen molar-refractivity contribution in [3.63, 3.8) is 0 Å². The maximum absolute atomic E-state index is 12.5. The average Bonchev–Trinajstić information content (AvgIpc) is 2.93. The van der Waals surface area contributed by atoms with Crippen LogP contribution in [0.5, 0.6) is 11.5 Å². The SMILES string of the molecule is CCOC(=O)c1c(NCC(=O)c2ccc3c(c2)OCCO3)sc(C)c1C. The molecule has 0 atom stereocenters. The number of fused-ring (bicyclic) bond motifs is 1. The lowest BCUT2D eigenvalue weighted by molar-refractivity contribution is 0.0527. The molecule has 2 aromatic rings. The first-order valence-corrected chi connectivity index (χ1v) is 9.26. The summed E-state index contributed by atoms with van der Waals surface area (Å²) in [7, 11) is 0. The Hall–Kier alpha value is -2.54. The fourth-order valence-electron chi connectivity index (χ4n) is 2.68. The summed E-state index contributed by atoms with van der Waals surface area (Å²) in [5.41, 5.74) is 1.91. The third-order valence-corrected chi connectivity index (χ3v) is 5.30. The Balaban J connectivity index is 1.74. The predicted molar refractivity (Wildman–Crippen MR) is 100 cm³/mol. The van der Waals surface area contributed by atoms with Crippen molar-refractivity contribution in [3.05, 3.63) is 39.8 Å². The van der Waals surface area contributed by atoms with Crippen molar-refractivity contribution in [3.8, 4) is 11.5 Å². The number of benzene rings is 1. The second kappa shape index (κ2) is 7.78. The Morgan fingerprint density at radius 3 is 2.65 bits per heavy atom. The Morgan fingerprint density at radius 2 is 1.92 bits per heavy atom. The van der Waals surface area contributed by atoms with E-state index in [1.54, 1.807) is 25.1 Å². The molecule has 0 fully saturated rings. The predicted octanol–water partition coefficient (Wildman–Crippen LogP) is 3.61. The van der Waals surface area contributed by atoms with Gasteiger partial charge in [-0.1, -0.05) is 0 Å². The molecule has 0 radical (unpaired) electrons. The Bertz CT molecular complexity index is 843. The van der Waals surface area contributed by atoms with Crippen LogP contribution in [0.2, 0.25) is 0 Å². The van der Waals surface area contributed by atoms with Gasteiger partial charge in [0.2, 0.25) is 0 Å². The first-order valence-electron chi connectivity index (χ1n) is 8.45. The van der Waals surface area contributed by atoms with E-state index in [0.29, 0.717) is 47.4 Å². The van der Waals surface area contributed by atoms with Crippen molar-refractivity contribution in [2.24, 2.45) is 0 Å². The van der Waals surface area contributed by atoms with Gasteiger partial charge in [0.25, 0.3) is 0 Å². The van der Waals surface area contributed by atoms with Crippen LogP contribution in [0, 0.1) is 13.8 Å². The zero-order valence-electron chi connectivity index (χ0n) is 15.0. The third kappa shape index (κ3) is 3.67. The lowest BCUT2D eigenvalue weighted by atomic mass is 10.1. The van der Waals surface area contributed by atoms with E-state index in [4.69, 9.17) is 14.2 Å². The first kappa shape index (κ1) is 18.3. The molecular weight excluding hydrogens is 354 g/mol. The van der Waals surface area contributed by atoms with Gasteiger partial charge in [-0.05, 0) is 44.5 Å². The highest BCUT2D eigenvalue weighted by Crippen LogP contribution is 2.33. The van der Waals surface area contributed by atoms with Gasteiger partial charge in [0.05, 0.1) is 18.7 Å². The minimum absolute atomic E-state index is 0.0748. The number of hydrogen-bond donors (Lipinski definition) is 1. The number of aryl methyl sites for hydroxylation is 1. The largest absolute Gasteiger partial charge is 0.486 e. The third-order valence-electron chi connectivity index (χ3n) is 4.14. The molecule has 0 spiro atoms. The standard InChI is InChI=1S/C19H21NO5S/c1-4-23-19(22)17-11(2)12(3)26-18(17)20-10-14(21)13-5-6-15-16(9-13)25-8-7-24-15/h5-6,9,20H,4,7-8,10H2,1-3H3. The summed E-state index contributed by atoms with van der Waals surface area (Å²) in [4.78, 5) is 25.8. The molecule has 1 aliphatic rings. The van der Waals surface area contributed by atoms with Gasteiger partial charge < -0.3 is 19.5 Å². The summed E-state index contributed by atoms with van der Waals surface area (Å²) in [6, 6.07) is 5.15. The first-order chi connectivity index (χ1) is 12.5. The topological polar surface area (TPSA) is 73.9 Å². The number of anilines is 1. The zero-order chi connectivity index (χ0) is 18.7. The molecule has 138 valence electrons. The quantitative estimate of drug-likeness (QED) is 0.614. The van der Waals surface area contributed by atoms with E-state index in [-0.39, 0.29) is 18.3 Å². The molecule has 0 saturated carbocycles. The van der Waals surface area contributed by atoms with Gasteiger partial charge >= 0.3 is 5.97 Å². The van der Waals surface area contributed by atoms with Crippen molar-refractivity contribution in [1.29, 1.82) is 0 Å². The van der Waals surface area contributed by atoms with E-state index in [1.165, 1.54) is 11.3 Å². The number of esters is 1. The fraction of sp³-hybridized carbons (Fsp3) is 0.368. The van der Waals surface area contributed by atoms with Crippen molar-refractivity contribution in [2.45, 2.75) is 20.8 Å². The number of ketones is 1. The Kier molecular flexibility index (Phi) is 5.46. The van der Waals surface area contributed by atoms with Crippen LogP contribution < -0.4 is 14.8 Å². The van der Waals surface area contributed by atoms with Crippen LogP contribution in [0.15, 0.2) is 18.2 Å². The van der Waals surface area contributed by atoms with Crippen LogP contribution in [0.25, 0.3) is 0 Å². The molecule has 26 heavy (non-hydrogen) atoms. The fourth-order valence-corrected chi connectivity index (χ4v) is 3.72.